The smallest absolute Gasteiger partial charge is 0.293 e. The molecule has 23 heavy (non-hydrogen) atoms. The van der Waals surface area contributed by atoms with Gasteiger partial charge in [0.2, 0.25) is 0 Å². The van der Waals surface area contributed by atoms with Crippen LogP contribution in [0.2, 0.25) is 0 Å². The second kappa shape index (κ2) is 8.07. The molecule has 0 amide bonds. The predicted octanol–water partition coefficient (Wildman–Crippen LogP) is 2.71. The van der Waals surface area contributed by atoms with Crippen molar-refractivity contribution in [2.45, 2.75) is 6.42 Å². The van der Waals surface area contributed by atoms with E-state index < -0.39 is 11.9 Å². The first-order valence-corrected chi connectivity index (χ1v) is 6.82. The Morgan fingerprint density at radius 3 is 1.35 bits per heavy atom. The third-order valence-corrected chi connectivity index (χ3v) is 3.11. The lowest BCUT2D eigenvalue weighted by atomic mass is 10.0. The van der Waals surface area contributed by atoms with Crippen LogP contribution in [0.4, 0.5) is 0 Å². The molecule has 0 aromatic heterocycles. The van der Waals surface area contributed by atoms with E-state index in [1.54, 1.807) is 24.3 Å². The highest BCUT2D eigenvalue weighted by atomic mass is 17.2. The fraction of sp³-hybridized carbons (Fsp3) is 0.176. The molecule has 0 radical (unpaired) electrons. The van der Waals surface area contributed by atoms with Crippen LogP contribution < -0.4 is 0 Å². The van der Waals surface area contributed by atoms with Crippen LogP contribution in [-0.4, -0.2) is 26.2 Å². The van der Waals surface area contributed by atoms with E-state index in [1.165, 1.54) is 14.2 Å². The molecule has 0 saturated carbocycles. The summed E-state index contributed by atoms with van der Waals surface area (Å²) in [5.41, 5.74) is 2.86. The second-order valence-electron chi connectivity index (χ2n) is 4.65. The summed E-state index contributed by atoms with van der Waals surface area (Å²) < 4.78 is 0. The first-order valence-electron chi connectivity index (χ1n) is 6.82. The standard InChI is InChI=1S/C17H16O6/c1-20-22-16(18)14-7-3-12(4-8-14)11-13-5-9-15(10-6-13)17(19)23-21-2/h3-10H,11H2,1-2H3. The Morgan fingerprint density at radius 1 is 0.696 bits per heavy atom. The van der Waals surface area contributed by atoms with Crippen LogP contribution in [0.15, 0.2) is 48.5 Å². The fourth-order valence-corrected chi connectivity index (χ4v) is 2.00. The molecule has 0 atom stereocenters. The molecule has 120 valence electrons. The first kappa shape index (κ1) is 16.7. The zero-order chi connectivity index (χ0) is 16.7. The van der Waals surface area contributed by atoms with E-state index in [1.807, 2.05) is 24.3 Å². The summed E-state index contributed by atoms with van der Waals surface area (Å²) in [5, 5.41) is 0. The van der Waals surface area contributed by atoms with Crippen molar-refractivity contribution in [3.05, 3.63) is 70.8 Å². The number of hydrogen-bond donors (Lipinski definition) is 0. The monoisotopic (exact) mass is 316 g/mol. The SMILES string of the molecule is COOC(=O)c1ccc(Cc2ccc(C(=O)OOC)cc2)cc1. The van der Waals surface area contributed by atoms with Gasteiger partial charge in [-0.25, -0.2) is 9.59 Å². The van der Waals surface area contributed by atoms with E-state index in [2.05, 4.69) is 19.6 Å². The van der Waals surface area contributed by atoms with Crippen LogP contribution in [0.1, 0.15) is 31.8 Å². The van der Waals surface area contributed by atoms with E-state index >= 15 is 0 Å². The van der Waals surface area contributed by atoms with Crippen LogP contribution >= 0.6 is 0 Å². The highest BCUT2D eigenvalue weighted by molar-refractivity contribution is 5.89. The summed E-state index contributed by atoms with van der Waals surface area (Å²) in [7, 11) is 2.55. The normalized spacial score (nSPS) is 10.2. The molecule has 0 N–H and O–H groups in total. The molecule has 6 nitrogen and oxygen atoms in total. The van der Waals surface area contributed by atoms with Gasteiger partial charge >= 0.3 is 11.9 Å². The average molecular weight is 316 g/mol. The van der Waals surface area contributed by atoms with Crippen molar-refractivity contribution in [1.29, 1.82) is 0 Å². The van der Waals surface area contributed by atoms with Crippen molar-refractivity contribution in [2.24, 2.45) is 0 Å². The minimum atomic E-state index is -0.542. The summed E-state index contributed by atoms with van der Waals surface area (Å²) in [6.45, 7) is 0. The Bertz CT molecular complexity index is 601. The molecule has 0 bridgehead atoms. The van der Waals surface area contributed by atoms with Crippen LogP contribution in [0.25, 0.3) is 0 Å². The number of benzene rings is 2. The Labute approximate surface area is 133 Å². The van der Waals surface area contributed by atoms with Crippen LogP contribution in [0, 0.1) is 0 Å². The Morgan fingerprint density at radius 2 is 1.04 bits per heavy atom. The van der Waals surface area contributed by atoms with Crippen LogP contribution in [-0.2, 0) is 26.0 Å². The van der Waals surface area contributed by atoms with Gasteiger partial charge in [0.05, 0.1) is 25.3 Å². The minimum Gasteiger partial charge on any atom is -0.293 e. The first-order chi connectivity index (χ1) is 11.1. The molecule has 2 rings (SSSR count). The van der Waals surface area contributed by atoms with Gasteiger partial charge in [-0.2, -0.15) is 9.78 Å². The van der Waals surface area contributed by atoms with Gasteiger partial charge < -0.3 is 0 Å². The Kier molecular flexibility index (Phi) is 5.85. The highest BCUT2D eigenvalue weighted by Crippen LogP contribution is 2.13. The lowest BCUT2D eigenvalue weighted by Crippen LogP contribution is -2.04. The van der Waals surface area contributed by atoms with Crippen molar-refractivity contribution < 1.29 is 29.1 Å². The highest BCUT2D eigenvalue weighted by Gasteiger charge is 2.09. The summed E-state index contributed by atoms with van der Waals surface area (Å²) in [6, 6.07) is 14.0. The van der Waals surface area contributed by atoms with Gasteiger partial charge in [-0.1, -0.05) is 24.3 Å². The molecular formula is C17H16O6. The molecule has 2 aromatic carbocycles. The summed E-state index contributed by atoms with van der Waals surface area (Å²) in [4.78, 5) is 40.5. The van der Waals surface area contributed by atoms with Gasteiger partial charge in [-0.15, -0.1) is 0 Å². The zero-order valence-electron chi connectivity index (χ0n) is 12.8. The molecular weight excluding hydrogens is 300 g/mol. The van der Waals surface area contributed by atoms with Crippen molar-refractivity contribution in [3.8, 4) is 0 Å². The summed E-state index contributed by atoms with van der Waals surface area (Å²) in [5.74, 6) is -1.08. The van der Waals surface area contributed by atoms with Gasteiger partial charge in [0, 0.05) is 0 Å². The molecule has 0 aliphatic heterocycles. The molecule has 0 aliphatic carbocycles. The van der Waals surface area contributed by atoms with Gasteiger partial charge in [0.15, 0.2) is 0 Å². The molecule has 0 heterocycles. The fourth-order valence-electron chi connectivity index (χ4n) is 2.00. The van der Waals surface area contributed by atoms with Crippen molar-refractivity contribution >= 4 is 11.9 Å². The van der Waals surface area contributed by atoms with Gasteiger partial charge in [0.25, 0.3) is 0 Å². The third kappa shape index (κ3) is 4.64. The summed E-state index contributed by atoms with van der Waals surface area (Å²) in [6.07, 6.45) is 0.666. The van der Waals surface area contributed by atoms with E-state index in [0.29, 0.717) is 17.5 Å². The van der Waals surface area contributed by atoms with Crippen LogP contribution in [0.3, 0.4) is 0 Å². The second-order valence-corrected chi connectivity index (χ2v) is 4.65. The molecule has 0 spiro atoms. The lowest BCUT2D eigenvalue weighted by Gasteiger charge is -2.05. The maximum atomic E-state index is 11.5. The van der Waals surface area contributed by atoms with E-state index in [-0.39, 0.29) is 0 Å². The van der Waals surface area contributed by atoms with Crippen LogP contribution in [0.5, 0.6) is 0 Å². The number of hydrogen-bond acceptors (Lipinski definition) is 6. The zero-order valence-corrected chi connectivity index (χ0v) is 12.8. The lowest BCUT2D eigenvalue weighted by molar-refractivity contribution is -0.216. The molecule has 2 aromatic rings. The van der Waals surface area contributed by atoms with Gasteiger partial charge in [-0.05, 0) is 41.8 Å². The van der Waals surface area contributed by atoms with Crippen molar-refractivity contribution in [2.75, 3.05) is 14.2 Å². The maximum absolute atomic E-state index is 11.5. The minimum absolute atomic E-state index is 0.410. The average Bonchev–Trinajstić information content (AvgIpc) is 2.56. The van der Waals surface area contributed by atoms with E-state index in [4.69, 9.17) is 0 Å². The number of carbonyl (C=O) groups excluding carboxylic acids is 2. The van der Waals surface area contributed by atoms with E-state index in [9.17, 15) is 9.59 Å². The van der Waals surface area contributed by atoms with Gasteiger partial charge in [-0.3, -0.25) is 9.78 Å². The maximum Gasteiger partial charge on any atom is 0.373 e. The molecule has 0 fully saturated rings. The number of rotatable bonds is 6. The van der Waals surface area contributed by atoms with E-state index in [0.717, 1.165) is 11.1 Å². The van der Waals surface area contributed by atoms with Crippen molar-refractivity contribution in [1.82, 2.24) is 0 Å². The summed E-state index contributed by atoms with van der Waals surface area (Å²) >= 11 is 0. The molecule has 0 unspecified atom stereocenters. The topological polar surface area (TPSA) is 71.1 Å². The van der Waals surface area contributed by atoms with Crippen molar-refractivity contribution in [3.63, 3.8) is 0 Å². The van der Waals surface area contributed by atoms with Gasteiger partial charge in [0.1, 0.15) is 0 Å². The third-order valence-electron chi connectivity index (χ3n) is 3.11. The molecule has 0 saturated heterocycles. The molecule has 6 heteroatoms. The Balaban J connectivity index is 2.02. The largest absolute Gasteiger partial charge is 0.373 e. The number of carbonyl (C=O) groups is 2. The quantitative estimate of drug-likeness (QED) is 0.603. The Hall–Kier alpha value is -2.70. The predicted molar refractivity (Wildman–Crippen MR) is 80.5 cm³/mol. The molecule has 0 aliphatic rings.